The lowest BCUT2D eigenvalue weighted by Crippen LogP contribution is -2.04. The first-order valence-electron chi connectivity index (χ1n) is 18.9. The molecule has 0 aliphatic heterocycles. The number of para-hydroxylation sites is 2. The topological polar surface area (TPSA) is 43.6 Å². The molecule has 2 aromatic heterocycles. The van der Waals surface area contributed by atoms with Crippen LogP contribution in [-0.4, -0.2) is 19.5 Å². The Morgan fingerprint density at radius 1 is 0.327 bits per heavy atom. The SMILES string of the molecule is [2H]c1cc(-c2nc(-c3ccccc3)nc(-c3cc(-c4ccccc4)cc(-c4ccccc4)c3)n2)c(-n2c3ccccc3c3ccccc32)cc1-c1ccccc1. The van der Waals surface area contributed by atoms with Crippen molar-refractivity contribution in [1.82, 2.24) is 19.5 Å². The largest absolute Gasteiger partial charge is 0.308 e. The molecule has 4 nitrogen and oxygen atoms in total. The number of nitrogens with zero attached hydrogens (tertiary/aromatic N) is 4. The van der Waals surface area contributed by atoms with Gasteiger partial charge in [-0.25, -0.2) is 15.0 Å². The highest BCUT2D eigenvalue weighted by atomic mass is 15.1. The van der Waals surface area contributed by atoms with E-state index >= 15 is 0 Å². The summed E-state index contributed by atoms with van der Waals surface area (Å²) < 4.78 is 11.7. The zero-order valence-corrected chi connectivity index (χ0v) is 29.8. The summed E-state index contributed by atoms with van der Waals surface area (Å²) in [5.74, 6) is 1.60. The van der Waals surface area contributed by atoms with Crippen molar-refractivity contribution in [2.45, 2.75) is 0 Å². The van der Waals surface area contributed by atoms with Crippen LogP contribution in [0.2, 0.25) is 0 Å². The van der Waals surface area contributed by atoms with Gasteiger partial charge in [-0.05, 0) is 75.8 Å². The van der Waals surface area contributed by atoms with Crippen LogP contribution in [0.5, 0.6) is 0 Å². The average Bonchev–Trinajstić information content (AvgIpc) is 3.61. The molecule has 10 aromatic rings. The predicted octanol–water partition coefficient (Wildman–Crippen LogP) is 13.0. The highest BCUT2D eigenvalue weighted by Gasteiger charge is 2.21. The number of hydrogen-bond donors (Lipinski definition) is 0. The molecule has 0 bridgehead atoms. The summed E-state index contributed by atoms with van der Waals surface area (Å²) in [6, 6.07) is 69.0. The van der Waals surface area contributed by atoms with Crippen molar-refractivity contribution in [1.29, 1.82) is 0 Å². The van der Waals surface area contributed by atoms with Gasteiger partial charge in [0, 0.05) is 27.5 Å². The van der Waals surface area contributed by atoms with Gasteiger partial charge in [-0.3, -0.25) is 0 Å². The van der Waals surface area contributed by atoms with Crippen LogP contribution in [0.3, 0.4) is 0 Å². The average molecular weight is 704 g/mol. The third kappa shape index (κ3) is 6.06. The summed E-state index contributed by atoms with van der Waals surface area (Å²) in [6.45, 7) is 0. The minimum atomic E-state index is 0.386. The van der Waals surface area contributed by atoms with Crippen molar-refractivity contribution in [3.8, 4) is 73.2 Å². The lowest BCUT2D eigenvalue weighted by molar-refractivity contribution is 1.06. The molecule has 0 spiro atoms. The van der Waals surface area contributed by atoms with E-state index in [1.54, 1.807) is 0 Å². The fraction of sp³-hybridized carbons (Fsp3) is 0. The molecule has 4 heteroatoms. The Labute approximate surface area is 321 Å². The van der Waals surface area contributed by atoms with E-state index in [1.807, 2.05) is 66.7 Å². The lowest BCUT2D eigenvalue weighted by atomic mass is 9.96. The monoisotopic (exact) mass is 703 g/mol. The molecule has 0 aliphatic carbocycles. The van der Waals surface area contributed by atoms with Crippen molar-refractivity contribution in [3.63, 3.8) is 0 Å². The van der Waals surface area contributed by atoms with E-state index in [4.69, 9.17) is 15.0 Å². The van der Waals surface area contributed by atoms with Crippen molar-refractivity contribution in [2.75, 3.05) is 0 Å². The van der Waals surface area contributed by atoms with Gasteiger partial charge in [0.15, 0.2) is 17.5 Å². The second-order valence-corrected chi connectivity index (χ2v) is 13.6. The Kier molecular flexibility index (Phi) is 7.84. The molecular formula is C51H34N4. The number of hydrogen-bond acceptors (Lipinski definition) is 3. The maximum absolute atomic E-state index is 9.45. The highest BCUT2D eigenvalue weighted by molar-refractivity contribution is 6.09. The summed E-state index contributed by atoms with van der Waals surface area (Å²) in [7, 11) is 0. The standard InChI is InChI=1S/C51H34N4/c1-5-17-35(18-6-1)39-29-30-45(48(34-39)55-46-27-15-13-25-43(46)44-26-14-16-28-47(44)55)51-53-49(38-23-11-4-12-24-38)52-50(54-51)42-32-40(36-19-7-2-8-20-36)31-41(33-42)37-21-9-3-10-22-37/h1-34H/i29D. The minimum absolute atomic E-state index is 0.386. The van der Waals surface area contributed by atoms with Crippen LogP contribution in [0, 0.1) is 0 Å². The molecule has 2 heterocycles. The zero-order valence-electron chi connectivity index (χ0n) is 30.8. The van der Waals surface area contributed by atoms with Gasteiger partial charge >= 0.3 is 0 Å². The molecule has 0 N–H and O–H groups in total. The van der Waals surface area contributed by atoms with E-state index in [-0.39, 0.29) is 0 Å². The van der Waals surface area contributed by atoms with Crippen LogP contribution in [0.15, 0.2) is 206 Å². The Hall–Kier alpha value is -7.43. The van der Waals surface area contributed by atoms with Crippen molar-refractivity contribution < 1.29 is 1.37 Å². The van der Waals surface area contributed by atoms with Gasteiger partial charge in [0.25, 0.3) is 0 Å². The van der Waals surface area contributed by atoms with Gasteiger partial charge in [-0.2, -0.15) is 0 Å². The molecule has 0 aliphatic rings. The van der Waals surface area contributed by atoms with Crippen molar-refractivity contribution in [3.05, 3.63) is 206 Å². The van der Waals surface area contributed by atoms with Crippen LogP contribution >= 0.6 is 0 Å². The molecule has 0 fully saturated rings. The minimum Gasteiger partial charge on any atom is -0.308 e. The summed E-state index contributed by atoms with van der Waals surface area (Å²) in [5.41, 5.74) is 11.6. The summed E-state index contributed by atoms with van der Waals surface area (Å²) in [5, 5.41) is 2.30. The number of rotatable bonds is 7. The van der Waals surface area contributed by atoms with E-state index in [0.29, 0.717) is 23.5 Å². The van der Waals surface area contributed by atoms with Crippen LogP contribution in [0.25, 0.3) is 95.0 Å². The molecule has 55 heavy (non-hydrogen) atoms. The second kappa shape index (κ2) is 13.8. The van der Waals surface area contributed by atoms with Gasteiger partial charge in [0.05, 0.1) is 18.1 Å². The Morgan fingerprint density at radius 3 is 1.25 bits per heavy atom. The van der Waals surface area contributed by atoms with E-state index in [1.165, 1.54) is 0 Å². The van der Waals surface area contributed by atoms with Crippen LogP contribution in [-0.2, 0) is 0 Å². The van der Waals surface area contributed by atoms with Gasteiger partial charge in [-0.15, -0.1) is 0 Å². The molecule has 10 rings (SSSR count). The van der Waals surface area contributed by atoms with Crippen LogP contribution in [0.4, 0.5) is 0 Å². The van der Waals surface area contributed by atoms with E-state index in [0.717, 1.165) is 77.6 Å². The Balaban J connectivity index is 1.27. The van der Waals surface area contributed by atoms with E-state index in [9.17, 15) is 1.37 Å². The van der Waals surface area contributed by atoms with Crippen LogP contribution in [0.1, 0.15) is 1.37 Å². The fourth-order valence-electron chi connectivity index (χ4n) is 7.50. The fourth-order valence-corrected chi connectivity index (χ4v) is 7.50. The van der Waals surface area contributed by atoms with Crippen molar-refractivity contribution >= 4 is 21.8 Å². The van der Waals surface area contributed by atoms with Crippen LogP contribution < -0.4 is 0 Å². The third-order valence-electron chi connectivity index (χ3n) is 10.1. The zero-order chi connectivity index (χ0) is 37.4. The molecule has 0 unspecified atom stereocenters. The van der Waals surface area contributed by atoms with Gasteiger partial charge in [-0.1, -0.05) is 164 Å². The third-order valence-corrected chi connectivity index (χ3v) is 10.1. The van der Waals surface area contributed by atoms with Gasteiger partial charge in [0.2, 0.25) is 0 Å². The summed E-state index contributed by atoms with van der Waals surface area (Å²) in [6.07, 6.45) is 0. The number of aromatic nitrogens is 4. The first-order chi connectivity index (χ1) is 27.7. The Morgan fingerprint density at radius 2 is 0.727 bits per heavy atom. The second-order valence-electron chi connectivity index (χ2n) is 13.6. The normalized spacial score (nSPS) is 11.5. The maximum atomic E-state index is 9.45. The van der Waals surface area contributed by atoms with Gasteiger partial charge < -0.3 is 4.57 Å². The molecule has 8 aromatic carbocycles. The smallest absolute Gasteiger partial charge is 0.166 e. The lowest BCUT2D eigenvalue weighted by Gasteiger charge is -2.17. The predicted molar refractivity (Wildman–Crippen MR) is 227 cm³/mol. The first kappa shape index (κ1) is 31.1. The molecule has 0 saturated carbocycles. The van der Waals surface area contributed by atoms with Gasteiger partial charge in [0.1, 0.15) is 0 Å². The molecule has 0 saturated heterocycles. The van der Waals surface area contributed by atoms with Crippen molar-refractivity contribution in [2.24, 2.45) is 0 Å². The summed E-state index contributed by atoms with van der Waals surface area (Å²) >= 11 is 0. The first-order valence-corrected chi connectivity index (χ1v) is 18.4. The Bertz CT molecular complexity index is 2900. The van der Waals surface area contributed by atoms with E-state index < -0.39 is 0 Å². The molecule has 0 radical (unpaired) electrons. The molecule has 0 amide bonds. The molecule has 258 valence electrons. The van der Waals surface area contributed by atoms with E-state index in [2.05, 4.69) is 138 Å². The number of benzene rings is 8. The number of fused-ring (bicyclic) bond motifs is 3. The molecule has 0 atom stereocenters. The summed E-state index contributed by atoms with van der Waals surface area (Å²) in [4.78, 5) is 15.7. The maximum Gasteiger partial charge on any atom is 0.166 e. The molecular weight excluding hydrogens is 669 g/mol. The quantitative estimate of drug-likeness (QED) is 0.166. The highest BCUT2D eigenvalue weighted by Crippen LogP contribution is 2.39.